The topological polar surface area (TPSA) is 108 Å². The third-order valence-corrected chi connectivity index (χ3v) is 3.59. The van der Waals surface area contributed by atoms with Gasteiger partial charge in [-0.05, 0) is 31.2 Å². The van der Waals surface area contributed by atoms with Gasteiger partial charge in [-0.3, -0.25) is 9.59 Å². The average molecular weight is 367 g/mol. The number of ether oxygens (including phenoxy) is 2. The van der Waals surface area contributed by atoms with Gasteiger partial charge in [0.1, 0.15) is 12.1 Å². The van der Waals surface area contributed by atoms with Gasteiger partial charge in [0.15, 0.2) is 29.7 Å². The van der Waals surface area contributed by atoms with E-state index in [0.29, 0.717) is 28.7 Å². The number of hydrogen-bond donors (Lipinski definition) is 1. The van der Waals surface area contributed by atoms with Gasteiger partial charge in [0.2, 0.25) is 0 Å². The first-order chi connectivity index (χ1) is 13.1. The fourth-order valence-electron chi connectivity index (χ4n) is 2.27. The van der Waals surface area contributed by atoms with Crippen molar-refractivity contribution >= 4 is 17.5 Å². The molecular weight excluding hydrogens is 350 g/mol. The summed E-state index contributed by atoms with van der Waals surface area (Å²) < 4.78 is 12.2. The van der Waals surface area contributed by atoms with Crippen molar-refractivity contribution in [1.82, 2.24) is 19.7 Å². The summed E-state index contributed by atoms with van der Waals surface area (Å²) in [6, 6.07) is 8.12. The summed E-state index contributed by atoms with van der Waals surface area (Å²) in [5.41, 5.74) is 0.496. The maximum atomic E-state index is 12.1. The highest BCUT2D eigenvalue weighted by molar-refractivity contribution is 5.94. The predicted molar refractivity (Wildman–Crippen MR) is 96.3 cm³/mol. The van der Waals surface area contributed by atoms with Crippen molar-refractivity contribution in [3.05, 3.63) is 54.6 Å². The number of amides is 1. The molecule has 2 heterocycles. The van der Waals surface area contributed by atoms with E-state index in [2.05, 4.69) is 20.4 Å². The Morgan fingerprint density at radius 2 is 2.04 bits per heavy atom. The van der Waals surface area contributed by atoms with E-state index >= 15 is 0 Å². The zero-order chi connectivity index (χ0) is 19.2. The first kappa shape index (κ1) is 18.1. The minimum Gasteiger partial charge on any atom is -0.493 e. The maximum absolute atomic E-state index is 12.1. The summed E-state index contributed by atoms with van der Waals surface area (Å²) >= 11 is 0. The molecule has 0 saturated carbocycles. The third kappa shape index (κ3) is 4.46. The van der Waals surface area contributed by atoms with E-state index in [1.807, 2.05) is 0 Å². The van der Waals surface area contributed by atoms with Gasteiger partial charge in [0, 0.05) is 24.0 Å². The fraction of sp³-hybridized carbons (Fsp3) is 0.167. The lowest BCUT2D eigenvalue weighted by Gasteiger charge is -2.11. The molecule has 2 aromatic heterocycles. The second-order valence-electron chi connectivity index (χ2n) is 5.47. The molecule has 3 aromatic rings. The smallest absolute Gasteiger partial charge is 0.263 e. The normalized spacial score (nSPS) is 10.3. The minimum absolute atomic E-state index is 0.0886. The number of ketones is 1. The van der Waals surface area contributed by atoms with Crippen LogP contribution in [0.5, 0.6) is 11.5 Å². The van der Waals surface area contributed by atoms with E-state index in [9.17, 15) is 9.59 Å². The van der Waals surface area contributed by atoms with Crippen LogP contribution in [0.25, 0.3) is 5.82 Å². The van der Waals surface area contributed by atoms with Gasteiger partial charge in [-0.15, -0.1) is 0 Å². The first-order valence-electron chi connectivity index (χ1n) is 8.00. The number of aromatic nitrogens is 4. The van der Waals surface area contributed by atoms with Gasteiger partial charge in [-0.1, -0.05) is 0 Å². The quantitative estimate of drug-likeness (QED) is 0.635. The van der Waals surface area contributed by atoms with Crippen molar-refractivity contribution < 1.29 is 19.1 Å². The van der Waals surface area contributed by atoms with Crippen LogP contribution in [0.15, 0.2) is 49.1 Å². The Morgan fingerprint density at radius 1 is 1.19 bits per heavy atom. The summed E-state index contributed by atoms with van der Waals surface area (Å²) in [7, 11) is 1.46. The highest BCUT2D eigenvalue weighted by Gasteiger charge is 2.11. The van der Waals surface area contributed by atoms with Crippen LogP contribution in [-0.2, 0) is 4.79 Å². The lowest BCUT2D eigenvalue weighted by atomic mass is 10.1. The summed E-state index contributed by atoms with van der Waals surface area (Å²) in [6.07, 6.45) is 4.68. The zero-order valence-electron chi connectivity index (χ0n) is 14.7. The molecule has 27 heavy (non-hydrogen) atoms. The van der Waals surface area contributed by atoms with Gasteiger partial charge >= 0.3 is 0 Å². The Balaban J connectivity index is 1.63. The molecule has 0 fully saturated rings. The number of hydrogen-bond acceptors (Lipinski definition) is 7. The van der Waals surface area contributed by atoms with Crippen molar-refractivity contribution in [2.24, 2.45) is 0 Å². The number of nitrogens with zero attached hydrogens (tertiary/aromatic N) is 4. The van der Waals surface area contributed by atoms with Crippen molar-refractivity contribution in [3.8, 4) is 17.3 Å². The second-order valence-corrected chi connectivity index (χ2v) is 5.47. The van der Waals surface area contributed by atoms with Gasteiger partial charge in [-0.25, -0.2) is 14.6 Å². The molecule has 138 valence electrons. The molecule has 0 radical (unpaired) electrons. The number of methoxy groups -OCH3 is 1. The summed E-state index contributed by atoms with van der Waals surface area (Å²) in [6.45, 7) is 1.21. The maximum Gasteiger partial charge on any atom is 0.263 e. The van der Waals surface area contributed by atoms with Crippen LogP contribution < -0.4 is 14.8 Å². The van der Waals surface area contributed by atoms with Crippen molar-refractivity contribution in [2.75, 3.05) is 19.0 Å². The van der Waals surface area contributed by atoms with Crippen LogP contribution in [-0.4, -0.2) is 45.2 Å². The molecule has 1 aromatic carbocycles. The lowest BCUT2D eigenvalue weighted by Crippen LogP contribution is -2.21. The van der Waals surface area contributed by atoms with Gasteiger partial charge in [-0.2, -0.15) is 5.10 Å². The average Bonchev–Trinajstić information content (AvgIpc) is 3.21. The summed E-state index contributed by atoms with van der Waals surface area (Å²) in [5, 5.41) is 6.70. The number of rotatable bonds is 7. The number of anilines is 1. The Labute approximate surface area is 155 Å². The van der Waals surface area contributed by atoms with E-state index in [0.717, 1.165) is 0 Å². The van der Waals surface area contributed by atoms with Crippen molar-refractivity contribution in [3.63, 3.8) is 0 Å². The van der Waals surface area contributed by atoms with Crippen molar-refractivity contribution in [2.45, 2.75) is 6.92 Å². The SMILES string of the molecule is COc1cc(C(C)=O)ccc1OCC(=O)Nc1cc(-n2cccn2)ncn1. The molecule has 9 nitrogen and oxygen atoms in total. The van der Waals surface area contributed by atoms with Gasteiger partial charge in [0.05, 0.1) is 7.11 Å². The predicted octanol–water partition coefficient (Wildman–Crippen LogP) is 1.89. The monoisotopic (exact) mass is 367 g/mol. The number of carbonyl (C=O) groups is 2. The number of benzene rings is 1. The van der Waals surface area contributed by atoms with Crippen LogP contribution in [0.1, 0.15) is 17.3 Å². The van der Waals surface area contributed by atoms with E-state index in [1.54, 1.807) is 47.4 Å². The van der Waals surface area contributed by atoms with Crippen molar-refractivity contribution in [1.29, 1.82) is 0 Å². The molecule has 0 aliphatic heterocycles. The van der Waals surface area contributed by atoms with Crippen LogP contribution in [0, 0.1) is 0 Å². The number of carbonyl (C=O) groups excluding carboxylic acids is 2. The number of Topliss-reactive ketones (excluding diaryl/α,β-unsaturated/α-hetero) is 1. The van der Waals surface area contributed by atoms with Crippen LogP contribution >= 0.6 is 0 Å². The molecule has 0 aliphatic carbocycles. The highest BCUT2D eigenvalue weighted by atomic mass is 16.5. The molecule has 0 bridgehead atoms. The van der Waals surface area contributed by atoms with Crippen LogP contribution in [0.4, 0.5) is 5.82 Å². The zero-order valence-corrected chi connectivity index (χ0v) is 14.7. The third-order valence-electron chi connectivity index (χ3n) is 3.59. The van der Waals surface area contributed by atoms with Crippen LogP contribution in [0.2, 0.25) is 0 Å². The first-order valence-corrected chi connectivity index (χ1v) is 8.00. The molecule has 1 amide bonds. The summed E-state index contributed by atoms with van der Waals surface area (Å²) in [5.74, 6) is 1.08. The molecule has 0 atom stereocenters. The summed E-state index contributed by atoms with van der Waals surface area (Å²) in [4.78, 5) is 31.7. The van der Waals surface area contributed by atoms with E-state index in [-0.39, 0.29) is 12.4 Å². The Kier molecular flexibility index (Phi) is 5.41. The molecule has 0 unspecified atom stereocenters. The molecule has 0 saturated heterocycles. The Morgan fingerprint density at radius 3 is 2.74 bits per heavy atom. The van der Waals surface area contributed by atoms with E-state index in [4.69, 9.17) is 9.47 Å². The highest BCUT2D eigenvalue weighted by Crippen LogP contribution is 2.28. The largest absolute Gasteiger partial charge is 0.493 e. The van der Waals surface area contributed by atoms with E-state index in [1.165, 1.54) is 20.4 Å². The molecule has 0 spiro atoms. The number of nitrogens with one attached hydrogen (secondary N) is 1. The van der Waals surface area contributed by atoms with Gasteiger partial charge < -0.3 is 14.8 Å². The molecule has 1 N–H and O–H groups in total. The molecule has 0 aliphatic rings. The van der Waals surface area contributed by atoms with Crippen LogP contribution in [0.3, 0.4) is 0 Å². The van der Waals surface area contributed by atoms with Gasteiger partial charge in [0.25, 0.3) is 5.91 Å². The second kappa shape index (κ2) is 8.09. The minimum atomic E-state index is -0.405. The lowest BCUT2D eigenvalue weighted by molar-refractivity contribution is -0.118. The molecule has 3 rings (SSSR count). The molecular formula is C18H17N5O4. The molecule has 9 heteroatoms. The van der Waals surface area contributed by atoms with E-state index < -0.39 is 5.91 Å². The standard InChI is InChI=1S/C18H17N5O4/c1-12(24)13-4-5-14(15(8-13)26-2)27-10-18(25)22-16-9-17(20-11-19-16)23-7-3-6-21-23/h3-9,11H,10H2,1-2H3,(H,19,20,22,25). The Bertz CT molecular complexity index is 956. The Hall–Kier alpha value is -3.75. The fourth-order valence-corrected chi connectivity index (χ4v) is 2.27.